The fourth-order valence-electron chi connectivity index (χ4n) is 6.32. The lowest BCUT2D eigenvalue weighted by Crippen LogP contribution is -2.43. The molecule has 0 radical (unpaired) electrons. The van der Waals surface area contributed by atoms with Crippen molar-refractivity contribution in [1.82, 2.24) is 0 Å². The molecule has 1 aliphatic heterocycles. The molecule has 2 aromatic rings. The van der Waals surface area contributed by atoms with Crippen LogP contribution in [0.1, 0.15) is 101 Å². The van der Waals surface area contributed by atoms with Gasteiger partial charge < -0.3 is 19.8 Å². The fraction of sp³-hybridized carbons (Fsp3) is 0.594. The summed E-state index contributed by atoms with van der Waals surface area (Å²) in [7, 11) is -2.65. The summed E-state index contributed by atoms with van der Waals surface area (Å²) in [6.45, 7) is 28.4. The number of carbonyl (C=O) groups is 1. The highest BCUT2D eigenvalue weighted by atomic mass is 28.3. The fourth-order valence-corrected chi connectivity index (χ4v) is 11.5. The van der Waals surface area contributed by atoms with E-state index >= 15 is 0 Å². The number of rotatable bonds is 5. The number of fused-ring (bicyclic) bond motifs is 1. The van der Waals surface area contributed by atoms with Crippen LogP contribution in [0.3, 0.4) is 0 Å². The quantitative estimate of drug-likeness (QED) is 0.310. The molecule has 5 nitrogen and oxygen atoms in total. The Hall–Kier alpha value is -2.27. The Morgan fingerprint density at radius 2 is 1.49 bits per heavy atom. The van der Waals surface area contributed by atoms with Crippen LogP contribution in [0.25, 0.3) is 10.8 Å². The second-order valence-electron chi connectivity index (χ2n) is 14.0. The summed E-state index contributed by atoms with van der Waals surface area (Å²) in [5.41, 5.74) is 12.2. The number of hydrogen-bond donors (Lipinski definition) is 1. The highest BCUT2D eigenvalue weighted by molar-refractivity contribution is 6.90. The Morgan fingerprint density at radius 1 is 0.974 bits per heavy atom. The van der Waals surface area contributed by atoms with E-state index in [0.717, 1.165) is 27.4 Å². The first-order valence-corrected chi connectivity index (χ1v) is 16.5. The first kappa shape index (κ1) is 31.3. The Kier molecular flexibility index (Phi) is 8.51. The van der Waals surface area contributed by atoms with Gasteiger partial charge in [-0.2, -0.15) is 0 Å². The summed E-state index contributed by atoms with van der Waals surface area (Å²) in [4.78, 5) is 12.0. The highest BCUT2D eigenvalue weighted by Crippen LogP contribution is 2.43. The zero-order valence-corrected chi connectivity index (χ0v) is 27.3. The van der Waals surface area contributed by atoms with Crippen molar-refractivity contribution >= 4 is 37.5 Å². The van der Waals surface area contributed by atoms with Crippen LogP contribution < -0.4 is 15.9 Å². The van der Waals surface area contributed by atoms with Gasteiger partial charge in [-0.3, -0.25) is 0 Å². The summed E-state index contributed by atoms with van der Waals surface area (Å²) >= 11 is 0. The van der Waals surface area contributed by atoms with Gasteiger partial charge in [-0.25, -0.2) is 4.79 Å². The van der Waals surface area contributed by atoms with E-state index in [-0.39, 0.29) is 5.41 Å². The first-order chi connectivity index (χ1) is 17.8. The standard InChI is InChI=1S/C32H48BNO4Si/c1-20(2)39(21(3)4,22(5)6)18-17-23-15-14-16-24-27(23)25(33-37-31(10,11)32(12,13)38-33)19-26(36-29(34)35)28(24)30(7,8)9/h14-16,19-22H,1-13H3,(H2,34,35). The minimum Gasteiger partial charge on any atom is -0.410 e. The van der Waals surface area contributed by atoms with E-state index in [2.05, 4.69) is 85.9 Å². The molecule has 0 aliphatic carbocycles. The van der Waals surface area contributed by atoms with Crippen molar-refractivity contribution in [2.24, 2.45) is 5.73 Å². The second-order valence-corrected chi connectivity index (χ2v) is 19.6. The first-order valence-electron chi connectivity index (χ1n) is 14.2. The molecule has 7 heteroatoms. The van der Waals surface area contributed by atoms with Crippen LogP contribution in [0.15, 0.2) is 24.3 Å². The van der Waals surface area contributed by atoms with Gasteiger partial charge in [0.2, 0.25) is 0 Å². The molecule has 0 spiro atoms. The summed E-state index contributed by atoms with van der Waals surface area (Å²) in [6.07, 6.45) is -0.850. The van der Waals surface area contributed by atoms with Crippen molar-refractivity contribution in [3.05, 3.63) is 35.4 Å². The third-order valence-electron chi connectivity index (χ3n) is 8.90. The Morgan fingerprint density at radius 3 is 1.92 bits per heavy atom. The van der Waals surface area contributed by atoms with Gasteiger partial charge in [0.05, 0.1) is 11.2 Å². The maximum absolute atomic E-state index is 12.0. The average molecular weight is 550 g/mol. The summed E-state index contributed by atoms with van der Waals surface area (Å²) in [5, 5.41) is 1.94. The number of amides is 1. The monoisotopic (exact) mass is 549 g/mol. The van der Waals surface area contributed by atoms with Gasteiger partial charge in [-0.1, -0.05) is 80.4 Å². The molecule has 1 amide bonds. The third-order valence-corrected chi connectivity index (χ3v) is 15.2. The molecule has 212 valence electrons. The Bertz CT molecular complexity index is 1270. The molecule has 2 N–H and O–H groups in total. The van der Waals surface area contributed by atoms with Crippen molar-refractivity contribution in [2.45, 2.75) is 123 Å². The maximum atomic E-state index is 12.0. The lowest BCUT2D eigenvalue weighted by atomic mass is 9.71. The minimum atomic E-state index is -1.99. The van der Waals surface area contributed by atoms with Crippen LogP contribution >= 0.6 is 0 Å². The van der Waals surface area contributed by atoms with Crippen molar-refractivity contribution in [3.63, 3.8) is 0 Å². The molecular weight excluding hydrogens is 501 g/mol. The molecule has 0 atom stereocenters. The second kappa shape index (κ2) is 10.6. The Labute approximate surface area is 237 Å². The van der Waals surface area contributed by atoms with E-state index in [1.807, 2.05) is 39.8 Å². The lowest BCUT2D eigenvalue weighted by molar-refractivity contribution is 0.00578. The summed E-state index contributed by atoms with van der Waals surface area (Å²) < 4.78 is 18.7. The van der Waals surface area contributed by atoms with Crippen molar-refractivity contribution in [2.75, 3.05) is 0 Å². The molecule has 0 saturated carbocycles. The van der Waals surface area contributed by atoms with Gasteiger partial charge in [0.15, 0.2) is 0 Å². The number of nitrogens with two attached hydrogens (primary N) is 1. The van der Waals surface area contributed by atoms with E-state index in [9.17, 15) is 4.79 Å². The van der Waals surface area contributed by atoms with Gasteiger partial charge in [0, 0.05) is 11.1 Å². The SMILES string of the molecule is CC(C)[Si](C#Cc1cccc2c(C(C)(C)C)c(OC(N)=O)cc(B3OC(C)(C)C(C)(C)O3)c12)(C(C)C)C(C)C. The smallest absolute Gasteiger partial charge is 0.410 e. The van der Waals surface area contributed by atoms with Crippen molar-refractivity contribution < 1.29 is 18.8 Å². The topological polar surface area (TPSA) is 70.8 Å². The number of primary amides is 1. The van der Waals surface area contributed by atoms with Crippen molar-refractivity contribution in [1.29, 1.82) is 0 Å². The predicted molar refractivity (Wildman–Crippen MR) is 167 cm³/mol. The molecule has 2 aromatic carbocycles. The van der Waals surface area contributed by atoms with E-state index in [1.165, 1.54) is 0 Å². The van der Waals surface area contributed by atoms with Crippen LogP contribution in [0.4, 0.5) is 4.79 Å². The molecule has 3 rings (SSSR count). The molecule has 1 heterocycles. The van der Waals surface area contributed by atoms with Gasteiger partial charge in [0.1, 0.15) is 13.8 Å². The third kappa shape index (κ3) is 5.66. The van der Waals surface area contributed by atoms with Crippen molar-refractivity contribution in [3.8, 4) is 17.2 Å². The normalized spacial score (nSPS) is 17.2. The van der Waals surface area contributed by atoms with Gasteiger partial charge >= 0.3 is 13.2 Å². The minimum absolute atomic E-state index is 0.337. The predicted octanol–water partition coefficient (Wildman–Crippen LogP) is 7.46. The average Bonchev–Trinajstić information content (AvgIpc) is 2.98. The van der Waals surface area contributed by atoms with Crippen LogP contribution in [0, 0.1) is 11.5 Å². The van der Waals surface area contributed by atoms with E-state index in [0.29, 0.717) is 22.4 Å². The Balaban J connectivity index is 2.47. The van der Waals surface area contributed by atoms with Gasteiger partial charge in [-0.15, -0.1) is 5.54 Å². The summed E-state index contributed by atoms with van der Waals surface area (Å²) in [5.74, 6) is 4.11. The molecule has 0 unspecified atom stereocenters. The maximum Gasteiger partial charge on any atom is 0.495 e. The van der Waals surface area contributed by atoms with Gasteiger partial charge in [-0.05, 0) is 78.1 Å². The van der Waals surface area contributed by atoms with Crippen LogP contribution in [0.2, 0.25) is 16.6 Å². The molecule has 1 fully saturated rings. The highest BCUT2D eigenvalue weighted by Gasteiger charge is 2.52. The van der Waals surface area contributed by atoms with Crippen LogP contribution in [-0.4, -0.2) is 32.5 Å². The number of ether oxygens (including phenoxy) is 1. The number of carbonyl (C=O) groups excluding carboxylic acids is 1. The molecular formula is C32H48BNO4Si. The van der Waals surface area contributed by atoms with Crippen LogP contribution in [-0.2, 0) is 14.7 Å². The number of benzene rings is 2. The van der Waals surface area contributed by atoms with E-state index in [4.69, 9.17) is 19.8 Å². The zero-order valence-electron chi connectivity index (χ0n) is 26.3. The molecule has 1 saturated heterocycles. The zero-order chi connectivity index (χ0) is 29.7. The molecule has 0 aromatic heterocycles. The number of hydrogen-bond acceptors (Lipinski definition) is 4. The lowest BCUT2D eigenvalue weighted by Gasteiger charge is -2.38. The molecule has 39 heavy (non-hydrogen) atoms. The van der Waals surface area contributed by atoms with E-state index in [1.54, 1.807) is 0 Å². The summed E-state index contributed by atoms with van der Waals surface area (Å²) in [6, 6.07) is 8.07. The molecule has 0 bridgehead atoms. The van der Waals surface area contributed by atoms with Crippen LogP contribution in [0.5, 0.6) is 5.75 Å². The largest absolute Gasteiger partial charge is 0.495 e. The van der Waals surface area contributed by atoms with Gasteiger partial charge in [0.25, 0.3) is 0 Å². The molecule has 1 aliphatic rings. The van der Waals surface area contributed by atoms with E-state index < -0.39 is 32.5 Å².